The molecule has 7 nitrogen and oxygen atoms in total. The first-order valence-corrected chi connectivity index (χ1v) is 10.6. The van der Waals surface area contributed by atoms with Gasteiger partial charge in [0.15, 0.2) is 12.5 Å². The van der Waals surface area contributed by atoms with Crippen molar-refractivity contribution in [1.82, 2.24) is 9.78 Å². The zero-order valence-corrected chi connectivity index (χ0v) is 16.3. The third kappa shape index (κ3) is 3.58. The molecular weight excluding hydrogens is 358 g/mol. The van der Waals surface area contributed by atoms with Gasteiger partial charge in [0.1, 0.15) is 5.75 Å². The van der Waals surface area contributed by atoms with Crippen LogP contribution in [-0.2, 0) is 14.2 Å². The lowest BCUT2D eigenvalue weighted by atomic mass is 10.1. The maximum atomic E-state index is 6.33. The fourth-order valence-electron chi connectivity index (χ4n) is 4.39. The zero-order valence-electron chi connectivity index (χ0n) is 16.3. The van der Waals surface area contributed by atoms with E-state index in [0.29, 0.717) is 0 Å². The second-order valence-corrected chi connectivity index (χ2v) is 7.77. The molecule has 0 spiro atoms. The molecule has 1 aromatic heterocycles. The van der Waals surface area contributed by atoms with Crippen molar-refractivity contribution in [3.8, 4) is 5.75 Å². The molecule has 2 aromatic rings. The molecule has 3 aliphatic rings. The van der Waals surface area contributed by atoms with Crippen LogP contribution in [0.2, 0.25) is 0 Å². The summed E-state index contributed by atoms with van der Waals surface area (Å²) in [6, 6.07) is 4.19. The van der Waals surface area contributed by atoms with Gasteiger partial charge in [-0.3, -0.25) is 0 Å². The second-order valence-electron chi connectivity index (χ2n) is 7.77. The summed E-state index contributed by atoms with van der Waals surface area (Å²) >= 11 is 0. The SMILES string of the molecule is c1cc2c(cnn2C2CCCCO2)c(N2CCOCC2)c1OC1CCCCO1. The summed E-state index contributed by atoms with van der Waals surface area (Å²) in [5.74, 6) is 0.880. The minimum absolute atomic E-state index is 0.0252. The van der Waals surface area contributed by atoms with E-state index in [4.69, 9.17) is 24.0 Å². The first kappa shape index (κ1) is 18.2. The van der Waals surface area contributed by atoms with Crippen molar-refractivity contribution in [3.05, 3.63) is 18.3 Å². The fourth-order valence-corrected chi connectivity index (χ4v) is 4.39. The van der Waals surface area contributed by atoms with Crippen LogP contribution >= 0.6 is 0 Å². The molecule has 4 heterocycles. The van der Waals surface area contributed by atoms with Gasteiger partial charge < -0.3 is 23.8 Å². The van der Waals surface area contributed by atoms with Gasteiger partial charge in [-0.1, -0.05) is 0 Å². The lowest BCUT2D eigenvalue weighted by Gasteiger charge is -2.32. The lowest BCUT2D eigenvalue weighted by molar-refractivity contribution is -0.105. The molecule has 7 heteroatoms. The highest BCUT2D eigenvalue weighted by molar-refractivity contribution is 5.95. The molecule has 0 bridgehead atoms. The number of hydrogen-bond acceptors (Lipinski definition) is 6. The topological polar surface area (TPSA) is 58.0 Å². The Kier molecular flexibility index (Phi) is 5.38. The largest absolute Gasteiger partial charge is 0.463 e. The van der Waals surface area contributed by atoms with Crippen molar-refractivity contribution in [3.63, 3.8) is 0 Å². The van der Waals surface area contributed by atoms with Crippen molar-refractivity contribution in [2.24, 2.45) is 0 Å². The summed E-state index contributed by atoms with van der Waals surface area (Å²) in [5, 5.41) is 5.82. The molecule has 0 radical (unpaired) electrons. The molecule has 0 saturated carbocycles. The number of nitrogens with zero attached hydrogens (tertiary/aromatic N) is 3. The van der Waals surface area contributed by atoms with Crippen LogP contribution in [-0.4, -0.2) is 55.6 Å². The molecule has 28 heavy (non-hydrogen) atoms. The van der Waals surface area contributed by atoms with Gasteiger partial charge in [0.2, 0.25) is 0 Å². The number of hydrogen-bond donors (Lipinski definition) is 0. The Hall–Kier alpha value is -1.83. The summed E-state index contributed by atoms with van der Waals surface area (Å²) in [5.41, 5.74) is 2.21. The molecule has 3 saturated heterocycles. The van der Waals surface area contributed by atoms with E-state index in [9.17, 15) is 0 Å². The van der Waals surface area contributed by atoms with E-state index in [0.717, 1.165) is 94.0 Å². The molecule has 1 aromatic carbocycles. The lowest BCUT2D eigenvalue weighted by Crippen LogP contribution is -2.37. The van der Waals surface area contributed by atoms with Gasteiger partial charge in [0, 0.05) is 31.5 Å². The van der Waals surface area contributed by atoms with Crippen molar-refractivity contribution in [2.45, 2.75) is 51.0 Å². The molecule has 0 N–H and O–H groups in total. The van der Waals surface area contributed by atoms with E-state index in [1.54, 1.807) is 0 Å². The first-order chi connectivity index (χ1) is 13.9. The Balaban J connectivity index is 1.52. The summed E-state index contributed by atoms with van der Waals surface area (Å²) in [6.07, 6.45) is 8.36. The Bertz CT molecular complexity index is 790. The molecule has 2 atom stereocenters. The molecule has 5 rings (SSSR count). The van der Waals surface area contributed by atoms with Gasteiger partial charge in [-0.2, -0.15) is 5.10 Å². The summed E-state index contributed by atoms with van der Waals surface area (Å²) in [6.45, 7) is 4.75. The van der Waals surface area contributed by atoms with E-state index in [1.165, 1.54) is 6.42 Å². The van der Waals surface area contributed by atoms with Crippen LogP contribution in [0.25, 0.3) is 10.9 Å². The van der Waals surface area contributed by atoms with E-state index in [2.05, 4.69) is 17.0 Å². The second kappa shape index (κ2) is 8.27. The third-order valence-electron chi connectivity index (χ3n) is 5.87. The van der Waals surface area contributed by atoms with Gasteiger partial charge in [-0.25, -0.2) is 4.68 Å². The normalized spacial score (nSPS) is 26.5. The molecule has 152 valence electrons. The maximum Gasteiger partial charge on any atom is 0.199 e. The number of rotatable bonds is 4. The van der Waals surface area contributed by atoms with Crippen LogP contribution < -0.4 is 9.64 Å². The quantitative estimate of drug-likeness (QED) is 0.801. The summed E-state index contributed by atoms with van der Waals surface area (Å²) in [4.78, 5) is 2.36. The minimum Gasteiger partial charge on any atom is -0.463 e. The van der Waals surface area contributed by atoms with Crippen LogP contribution in [0, 0.1) is 0 Å². The summed E-state index contributed by atoms with van der Waals surface area (Å²) < 4.78 is 25.8. The van der Waals surface area contributed by atoms with Crippen molar-refractivity contribution in [2.75, 3.05) is 44.4 Å². The molecule has 2 unspecified atom stereocenters. The predicted octanol–water partition coefficient (Wildman–Crippen LogP) is 3.48. The molecule has 3 aliphatic heterocycles. The van der Waals surface area contributed by atoms with Gasteiger partial charge in [0.25, 0.3) is 0 Å². The third-order valence-corrected chi connectivity index (χ3v) is 5.87. The number of benzene rings is 1. The predicted molar refractivity (Wildman–Crippen MR) is 106 cm³/mol. The smallest absolute Gasteiger partial charge is 0.199 e. The number of morpholine rings is 1. The van der Waals surface area contributed by atoms with Gasteiger partial charge in [-0.15, -0.1) is 0 Å². The average molecular weight is 387 g/mol. The van der Waals surface area contributed by atoms with E-state index in [1.807, 2.05) is 10.9 Å². The van der Waals surface area contributed by atoms with Gasteiger partial charge >= 0.3 is 0 Å². The van der Waals surface area contributed by atoms with E-state index >= 15 is 0 Å². The molecule has 0 amide bonds. The standard InChI is InChI=1S/C21H29N3O4/c1-3-11-26-19(5-1)24-17-7-8-18(28-20-6-2-4-12-27-20)21(16(17)15-22-24)23-9-13-25-14-10-23/h7-8,15,19-20H,1-6,9-14H2. The molecule has 3 fully saturated rings. The van der Waals surface area contributed by atoms with Crippen LogP contribution in [0.3, 0.4) is 0 Å². The Morgan fingerprint density at radius 1 is 0.929 bits per heavy atom. The maximum absolute atomic E-state index is 6.33. The molecular formula is C21H29N3O4. The van der Waals surface area contributed by atoms with Crippen molar-refractivity contribution in [1.29, 1.82) is 0 Å². The average Bonchev–Trinajstić information content (AvgIpc) is 3.20. The minimum atomic E-state index is -0.164. The van der Waals surface area contributed by atoms with E-state index in [-0.39, 0.29) is 12.5 Å². The Morgan fingerprint density at radius 2 is 1.75 bits per heavy atom. The van der Waals surface area contributed by atoms with Crippen LogP contribution in [0.4, 0.5) is 5.69 Å². The Labute approximate surface area is 165 Å². The van der Waals surface area contributed by atoms with Crippen molar-refractivity contribution >= 4 is 16.6 Å². The highest BCUT2D eigenvalue weighted by Gasteiger charge is 2.26. The molecule has 0 aliphatic carbocycles. The van der Waals surface area contributed by atoms with Gasteiger partial charge in [0.05, 0.1) is 37.2 Å². The summed E-state index contributed by atoms with van der Waals surface area (Å²) in [7, 11) is 0. The van der Waals surface area contributed by atoms with Crippen LogP contribution in [0.1, 0.15) is 44.8 Å². The Morgan fingerprint density at radius 3 is 2.50 bits per heavy atom. The number of fused-ring (bicyclic) bond motifs is 1. The highest BCUT2D eigenvalue weighted by atomic mass is 16.7. The number of anilines is 1. The zero-order chi connectivity index (χ0) is 18.8. The fraction of sp³-hybridized carbons (Fsp3) is 0.667. The van der Waals surface area contributed by atoms with Gasteiger partial charge in [-0.05, 0) is 44.2 Å². The van der Waals surface area contributed by atoms with E-state index < -0.39 is 0 Å². The van der Waals surface area contributed by atoms with Crippen molar-refractivity contribution < 1.29 is 18.9 Å². The first-order valence-electron chi connectivity index (χ1n) is 10.6. The number of ether oxygens (including phenoxy) is 4. The number of aromatic nitrogens is 2. The van der Waals surface area contributed by atoms with Crippen LogP contribution in [0.15, 0.2) is 18.3 Å². The monoisotopic (exact) mass is 387 g/mol. The highest BCUT2D eigenvalue weighted by Crippen LogP contribution is 2.39. The van der Waals surface area contributed by atoms with Crippen LogP contribution in [0.5, 0.6) is 5.75 Å².